The Hall–Kier alpha value is -1.85. The average Bonchev–Trinajstić information content (AvgIpc) is 2.53. The molecule has 1 amide bonds. The Morgan fingerprint density at radius 3 is 2.87 bits per heavy atom. The smallest absolute Gasteiger partial charge is 0.244 e. The highest BCUT2D eigenvalue weighted by atomic mass is 16.2. The molecule has 1 aromatic rings. The Labute approximate surface area is 87.5 Å². The summed E-state index contributed by atoms with van der Waals surface area (Å²) in [6.07, 6.45) is 3.79. The molecule has 3 N–H and O–H groups in total. The van der Waals surface area contributed by atoms with Gasteiger partial charge in [0.2, 0.25) is 5.91 Å². The van der Waals surface area contributed by atoms with Crippen LogP contribution in [-0.4, -0.2) is 40.4 Å². The number of hydrogen-bond donors (Lipinski definition) is 2. The number of aromatic nitrogens is 2. The predicted octanol–water partition coefficient (Wildman–Crippen LogP) is -0.299. The van der Waals surface area contributed by atoms with Gasteiger partial charge in [0, 0.05) is 13.6 Å². The molecular formula is C9H13N5O. The van der Waals surface area contributed by atoms with E-state index in [2.05, 4.69) is 15.3 Å². The van der Waals surface area contributed by atoms with Gasteiger partial charge in [-0.25, -0.2) is 9.97 Å². The van der Waals surface area contributed by atoms with Crippen molar-refractivity contribution in [1.82, 2.24) is 14.9 Å². The molecule has 1 atom stereocenters. The van der Waals surface area contributed by atoms with Gasteiger partial charge in [-0.3, -0.25) is 4.79 Å². The van der Waals surface area contributed by atoms with E-state index in [0.717, 1.165) is 13.0 Å². The number of hydrogen-bond acceptors (Lipinski definition) is 5. The molecule has 0 radical (unpaired) electrons. The van der Waals surface area contributed by atoms with Gasteiger partial charge >= 0.3 is 0 Å². The molecule has 1 saturated heterocycles. The van der Waals surface area contributed by atoms with E-state index in [1.165, 1.54) is 12.4 Å². The van der Waals surface area contributed by atoms with E-state index in [9.17, 15) is 4.79 Å². The van der Waals surface area contributed by atoms with Crippen molar-refractivity contribution in [2.75, 3.05) is 24.6 Å². The highest BCUT2D eigenvalue weighted by Gasteiger charge is 2.28. The summed E-state index contributed by atoms with van der Waals surface area (Å²) in [6, 6.07) is -0.187. The molecule has 1 aromatic heterocycles. The maximum Gasteiger partial charge on any atom is 0.244 e. The molecule has 0 bridgehead atoms. The highest BCUT2D eigenvalue weighted by Crippen LogP contribution is 2.13. The van der Waals surface area contributed by atoms with Crippen LogP contribution in [0, 0.1) is 0 Å². The zero-order valence-corrected chi connectivity index (χ0v) is 8.47. The fourth-order valence-electron chi connectivity index (χ4n) is 1.55. The van der Waals surface area contributed by atoms with Crippen LogP contribution in [0.15, 0.2) is 12.4 Å². The summed E-state index contributed by atoms with van der Waals surface area (Å²) >= 11 is 0. The van der Waals surface area contributed by atoms with Gasteiger partial charge in [-0.2, -0.15) is 0 Å². The lowest BCUT2D eigenvalue weighted by atomic mass is 10.2. The standard InChI is InChI=1S/C9H13N5O/c1-14-3-2-6(9(14)15)13-8-5-11-7(10)4-12-8/h4-6H,2-3H2,1H3,(H2,10,11)(H,12,13). The second-order valence-electron chi connectivity index (χ2n) is 3.57. The molecule has 0 aromatic carbocycles. The van der Waals surface area contributed by atoms with Gasteiger partial charge < -0.3 is 16.0 Å². The van der Waals surface area contributed by atoms with Crippen LogP contribution < -0.4 is 11.1 Å². The summed E-state index contributed by atoms with van der Waals surface area (Å²) in [4.78, 5) is 21.2. The van der Waals surface area contributed by atoms with Gasteiger partial charge in [0.25, 0.3) is 0 Å². The quantitative estimate of drug-likeness (QED) is 0.695. The molecule has 1 unspecified atom stereocenters. The third kappa shape index (κ3) is 1.98. The Bertz CT molecular complexity index is 363. The van der Waals surface area contributed by atoms with E-state index in [1.807, 2.05) is 0 Å². The van der Waals surface area contributed by atoms with Crippen LogP contribution in [0.4, 0.5) is 11.6 Å². The van der Waals surface area contributed by atoms with E-state index in [0.29, 0.717) is 11.6 Å². The molecule has 2 rings (SSSR count). The van der Waals surface area contributed by atoms with Crippen LogP contribution in [0.5, 0.6) is 0 Å². The maximum atomic E-state index is 11.6. The number of anilines is 2. The number of likely N-dealkylation sites (N-methyl/N-ethyl adjacent to an activating group) is 1. The van der Waals surface area contributed by atoms with Gasteiger partial charge in [-0.15, -0.1) is 0 Å². The van der Waals surface area contributed by atoms with Crippen molar-refractivity contribution in [2.24, 2.45) is 0 Å². The largest absolute Gasteiger partial charge is 0.382 e. The summed E-state index contributed by atoms with van der Waals surface area (Å²) in [5.41, 5.74) is 5.41. The van der Waals surface area contributed by atoms with E-state index in [-0.39, 0.29) is 11.9 Å². The minimum Gasteiger partial charge on any atom is -0.382 e. The van der Waals surface area contributed by atoms with Crippen LogP contribution in [-0.2, 0) is 4.79 Å². The van der Waals surface area contributed by atoms with Crippen molar-refractivity contribution in [2.45, 2.75) is 12.5 Å². The SMILES string of the molecule is CN1CCC(Nc2cnc(N)cn2)C1=O. The van der Waals surface area contributed by atoms with Crippen LogP contribution in [0.2, 0.25) is 0 Å². The number of nitrogens with two attached hydrogens (primary N) is 1. The number of likely N-dealkylation sites (tertiary alicyclic amines) is 1. The second kappa shape index (κ2) is 3.72. The zero-order valence-electron chi connectivity index (χ0n) is 8.47. The highest BCUT2D eigenvalue weighted by molar-refractivity contribution is 5.86. The minimum absolute atomic E-state index is 0.0913. The third-order valence-corrected chi connectivity index (χ3v) is 2.42. The topological polar surface area (TPSA) is 84.1 Å². The number of rotatable bonds is 2. The van der Waals surface area contributed by atoms with Crippen molar-refractivity contribution in [3.63, 3.8) is 0 Å². The molecular weight excluding hydrogens is 194 g/mol. The number of amides is 1. The van der Waals surface area contributed by atoms with Crippen molar-refractivity contribution >= 4 is 17.5 Å². The zero-order chi connectivity index (χ0) is 10.8. The van der Waals surface area contributed by atoms with Crippen molar-refractivity contribution < 1.29 is 4.79 Å². The summed E-state index contributed by atoms with van der Waals surface area (Å²) in [7, 11) is 1.79. The van der Waals surface area contributed by atoms with Crippen LogP contribution >= 0.6 is 0 Å². The second-order valence-corrected chi connectivity index (χ2v) is 3.57. The lowest BCUT2D eigenvalue weighted by Crippen LogP contribution is -2.31. The van der Waals surface area contributed by atoms with E-state index in [1.54, 1.807) is 11.9 Å². The van der Waals surface area contributed by atoms with Crippen molar-refractivity contribution in [3.8, 4) is 0 Å². The number of carbonyl (C=O) groups is 1. The molecule has 1 aliphatic heterocycles. The Morgan fingerprint density at radius 1 is 1.53 bits per heavy atom. The van der Waals surface area contributed by atoms with E-state index in [4.69, 9.17) is 5.73 Å². The molecule has 80 valence electrons. The molecule has 0 spiro atoms. The number of nitrogens with zero attached hydrogens (tertiary/aromatic N) is 3. The monoisotopic (exact) mass is 207 g/mol. The van der Waals surface area contributed by atoms with E-state index >= 15 is 0 Å². The normalized spacial score (nSPS) is 20.7. The summed E-state index contributed by atoms with van der Waals surface area (Å²) in [5, 5.41) is 3.03. The van der Waals surface area contributed by atoms with Gasteiger partial charge in [0.05, 0.1) is 12.4 Å². The molecule has 2 heterocycles. The Morgan fingerprint density at radius 2 is 2.33 bits per heavy atom. The number of carbonyl (C=O) groups excluding carboxylic acids is 1. The first kappa shape index (κ1) is 9.70. The summed E-state index contributed by atoms with van der Waals surface area (Å²) in [6.45, 7) is 0.777. The Kier molecular flexibility index (Phi) is 2.40. The lowest BCUT2D eigenvalue weighted by Gasteiger charge is -2.12. The molecule has 0 aliphatic carbocycles. The fourth-order valence-corrected chi connectivity index (χ4v) is 1.55. The molecule has 0 saturated carbocycles. The van der Waals surface area contributed by atoms with Gasteiger partial charge in [0.15, 0.2) is 0 Å². The fraction of sp³-hybridized carbons (Fsp3) is 0.444. The first-order valence-electron chi connectivity index (χ1n) is 4.76. The summed E-state index contributed by atoms with van der Waals surface area (Å²) < 4.78 is 0. The first-order valence-corrected chi connectivity index (χ1v) is 4.76. The predicted molar refractivity (Wildman–Crippen MR) is 56.1 cm³/mol. The van der Waals surface area contributed by atoms with Crippen molar-refractivity contribution in [3.05, 3.63) is 12.4 Å². The van der Waals surface area contributed by atoms with Gasteiger partial charge in [0.1, 0.15) is 17.7 Å². The third-order valence-electron chi connectivity index (χ3n) is 2.42. The van der Waals surface area contributed by atoms with Crippen molar-refractivity contribution in [1.29, 1.82) is 0 Å². The van der Waals surface area contributed by atoms with Crippen LogP contribution in [0.3, 0.4) is 0 Å². The van der Waals surface area contributed by atoms with Crippen LogP contribution in [0.1, 0.15) is 6.42 Å². The molecule has 6 nitrogen and oxygen atoms in total. The first-order chi connectivity index (χ1) is 7.16. The van der Waals surface area contributed by atoms with Crippen LogP contribution in [0.25, 0.3) is 0 Å². The number of nitrogens with one attached hydrogen (secondary N) is 1. The molecule has 1 aliphatic rings. The molecule has 6 heteroatoms. The van der Waals surface area contributed by atoms with Gasteiger partial charge in [-0.1, -0.05) is 0 Å². The minimum atomic E-state index is -0.187. The lowest BCUT2D eigenvalue weighted by molar-refractivity contribution is -0.127. The molecule has 1 fully saturated rings. The number of nitrogen functional groups attached to an aromatic ring is 1. The van der Waals surface area contributed by atoms with Gasteiger partial charge in [-0.05, 0) is 6.42 Å². The van der Waals surface area contributed by atoms with E-state index < -0.39 is 0 Å². The Balaban J connectivity index is 2.03. The average molecular weight is 207 g/mol. The maximum absolute atomic E-state index is 11.6. The molecule has 15 heavy (non-hydrogen) atoms. The summed E-state index contributed by atoms with van der Waals surface area (Å²) in [5.74, 6) is 1.04.